The van der Waals surface area contributed by atoms with Crippen molar-refractivity contribution in [2.75, 3.05) is 7.11 Å². The monoisotopic (exact) mass is 264 g/mol. The van der Waals surface area contributed by atoms with E-state index in [1.165, 1.54) is 0 Å². The molecule has 96 valence electrons. The molecule has 1 heterocycles. The molecule has 0 amide bonds. The van der Waals surface area contributed by atoms with E-state index in [-0.39, 0.29) is 0 Å². The fraction of sp³-hybridized carbons (Fsp3) is 0.286. The summed E-state index contributed by atoms with van der Waals surface area (Å²) in [6, 6.07) is 7.47. The van der Waals surface area contributed by atoms with Crippen LogP contribution in [0.15, 0.2) is 35.0 Å². The minimum absolute atomic E-state index is 0.496. The maximum absolute atomic E-state index is 9.71. The molecule has 0 saturated carbocycles. The number of hydrogen-bond donors (Lipinski definition) is 1. The summed E-state index contributed by atoms with van der Waals surface area (Å²) in [5.41, 5.74) is 1.89. The quantitative estimate of drug-likeness (QED) is 0.899. The Hall–Kier alpha value is -1.52. The third-order valence-corrected chi connectivity index (χ3v) is 3.38. The van der Waals surface area contributed by atoms with Crippen molar-refractivity contribution in [2.45, 2.75) is 19.6 Å². The van der Waals surface area contributed by atoms with Gasteiger partial charge in [0.1, 0.15) is 18.1 Å². The van der Waals surface area contributed by atoms with Gasteiger partial charge in [0.25, 0.3) is 0 Å². The van der Waals surface area contributed by atoms with Crippen molar-refractivity contribution < 1.29 is 14.6 Å². The van der Waals surface area contributed by atoms with Gasteiger partial charge >= 0.3 is 0 Å². The summed E-state index contributed by atoms with van der Waals surface area (Å²) in [5.74, 6) is 1.38. The van der Waals surface area contributed by atoms with Crippen molar-refractivity contribution in [3.8, 4) is 11.5 Å². The molecule has 1 N–H and O–H groups in total. The third-order valence-electron chi connectivity index (χ3n) is 2.65. The van der Waals surface area contributed by atoms with Crippen LogP contribution >= 0.6 is 11.3 Å². The molecule has 0 aliphatic rings. The fourth-order valence-corrected chi connectivity index (χ4v) is 2.30. The van der Waals surface area contributed by atoms with Crippen LogP contribution in [0.1, 0.15) is 24.2 Å². The summed E-state index contributed by atoms with van der Waals surface area (Å²) in [6.45, 7) is 2.22. The van der Waals surface area contributed by atoms with Gasteiger partial charge in [0.15, 0.2) is 0 Å². The van der Waals surface area contributed by atoms with Gasteiger partial charge in [0, 0.05) is 11.6 Å². The standard InChI is InChI=1S/C14H16O3S/c1-10(15)13-4-3-12(16-2)7-14(13)17-8-11-5-6-18-9-11/h3-7,9-10,15H,8H2,1-2H3/t10-/m1/s1. The van der Waals surface area contributed by atoms with E-state index in [0.29, 0.717) is 12.4 Å². The van der Waals surface area contributed by atoms with Crippen LogP contribution in [-0.4, -0.2) is 12.2 Å². The maximum atomic E-state index is 9.71. The van der Waals surface area contributed by atoms with Gasteiger partial charge in [0.2, 0.25) is 0 Å². The maximum Gasteiger partial charge on any atom is 0.129 e. The summed E-state index contributed by atoms with van der Waals surface area (Å²) < 4.78 is 10.9. The highest BCUT2D eigenvalue weighted by molar-refractivity contribution is 7.07. The largest absolute Gasteiger partial charge is 0.497 e. The van der Waals surface area contributed by atoms with Gasteiger partial charge in [-0.2, -0.15) is 11.3 Å². The van der Waals surface area contributed by atoms with E-state index in [1.54, 1.807) is 31.4 Å². The van der Waals surface area contributed by atoms with Crippen LogP contribution in [-0.2, 0) is 6.61 Å². The lowest BCUT2D eigenvalue weighted by atomic mass is 10.1. The van der Waals surface area contributed by atoms with E-state index < -0.39 is 6.10 Å². The molecule has 0 spiro atoms. The molecule has 1 atom stereocenters. The predicted octanol–water partition coefficient (Wildman–Crippen LogP) is 3.39. The lowest BCUT2D eigenvalue weighted by molar-refractivity contribution is 0.190. The van der Waals surface area contributed by atoms with Crippen molar-refractivity contribution in [1.29, 1.82) is 0 Å². The third kappa shape index (κ3) is 3.03. The first kappa shape index (κ1) is 12.9. The number of hydrogen-bond acceptors (Lipinski definition) is 4. The lowest BCUT2D eigenvalue weighted by Crippen LogP contribution is -2.01. The molecule has 0 unspecified atom stereocenters. The molecule has 2 aromatic rings. The van der Waals surface area contributed by atoms with Crippen LogP contribution in [0.2, 0.25) is 0 Å². The van der Waals surface area contributed by atoms with E-state index in [2.05, 4.69) is 0 Å². The van der Waals surface area contributed by atoms with Gasteiger partial charge in [-0.1, -0.05) is 0 Å². The van der Waals surface area contributed by atoms with E-state index in [0.717, 1.165) is 16.9 Å². The molecule has 0 aliphatic carbocycles. The summed E-state index contributed by atoms with van der Waals surface area (Å²) in [6.07, 6.45) is -0.562. The van der Waals surface area contributed by atoms with E-state index in [4.69, 9.17) is 9.47 Å². The summed E-state index contributed by atoms with van der Waals surface area (Å²) in [5, 5.41) is 13.8. The van der Waals surface area contributed by atoms with Crippen LogP contribution in [0.3, 0.4) is 0 Å². The number of aliphatic hydroxyl groups is 1. The molecule has 0 bridgehead atoms. The van der Waals surface area contributed by atoms with Crippen LogP contribution in [0.4, 0.5) is 0 Å². The molecule has 1 aromatic heterocycles. The van der Waals surface area contributed by atoms with Gasteiger partial charge in [0.05, 0.1) is 13.2 Å². The summed E-state index contributed by atoms with van der Waals surface area (Å²) in [4.78, 5) is 0. The van der Waals surface area contributed by atoms with Crippen molar-refractivity contribution in [3.63, 3.8) is 0 Å². The van der Waals surface area contributed by atoms with Crippen LogP contribution in [0.25, 0.3) is 0 Å². The Morgan fingerprint density at radius 3 is 2.78 bits per heavy atom. The molecule has 2 rings (SSSR count). The smallest absolute Gasteiger partial charge is 0.129 e. The second kappa shape index (κ2) is 5.89. The zero-order valence-electron chi connectivity index (χ0n) is 10.4. The predicted molar refractivity (Wildman–Crippen MR) is 72.3 cm³/mol. The van der Waals surface area contributed by atoms with Gasteiger partial charge in [-0.25, -0.2) is 0 Å². The Morgan fingerprint density at radius 1 is 1.33 bits per heavy atom. The molecule has 1 aromatic carbocycles. The average molecular weight is 264 g/mol. The molecule has 0 saturated heterocycles. The molecule has 18 heavy (non-hydrogen) atoms. The van der Waals surface area contributed by atoms with Gasteiger partial charge in [-0.3, -0.25) is 0 Å². The second-order valence-electron chi connectivity index (χ2n) is 4.00. The van der Waals surface area contributed by atoms with Crippen molar-refractivity contribution >= 4 is 11.3 Å². The van der Waals surface area contributed by atoms with E-state index in [9.17, 15) is 5.11 Å². The second-order valence-corrected chi connectivity index (χ2v) is 4.78. The van der Waals surface area contributed by atoms with Crippen molar-refractivity contribution in [1.82, 2.24) is 0 Å². The summed E-state index contributed by atoms with van der Waals surface area (Å²) in [7, 11) is 1.61. The highest BCUT2D eigenvalue weighted by Crippen LogP contribution is 2.30. The van der Waals surface area contributed by atoms with Crippen LogP contribution in [0.5, 0.6) is 11.5 Å². The highest BCUT2D eigenvalue weighted by atomic mass is 32.1. The molecular formula is C14H16O3S. The van der Waals surface area contributed by atoms with Gasteiger partial charge in [-0.05, 0) is 41.4 Å². The number of aliphatic hydroxyl groups excluding tert-OH is 1. The Labute approximate surface area is 111 Å². The SMILES string of the molecule is COc1ccc([C@@H](C)O)c(OCc2ccsc2)c1. The first-order valence-corrected chi connectivity index (χ1v) is 6.65. The Morgan fingerprint density at radius 2 is 2.17 bits per heavy atom. The lowest BCUT2D eigenvalue weighted by Gasteiger charge is -2.14. The normalized spacial score (nSPS) is 12.2. The molecule has 3 nitrogen and oxygen atoms in total. The molecule has 0 aliphatic heterocycles. The zero-order chi connectivity index (χ0) is 13.0. The topological polar surface area (TPSA) is 38.7 Å². The molecular weight excluding hydrogens is 248 g/mol. The van der Waals surface area contributed by atoms with Gasteiger partial charge < -0.3 is 14.6 Å². The number of benzene rings is 1. The van der Waals surface area contributed by atoms with E-state index in [1.807, 2.05) is 29.0 Å². The first-order chi connectivity index (χ1) is 8.70. The average Bonchev–Trinajstić information content (AvgIpc) is 2.88. The summed E-state index contributed by atoms with van der Waals surface area (Å²) >= 11 is 1.64. The van der Waals surface area contributed by atoms with Crippen LogP contribution in [0, 0.1) is 0 Å². The van der Waals surface area contributed by atoms with Crippen molar-refractivity contribution in [2.24, 2.45) is 0 Å². The minimum atomic E-state index is -0.562. The minimum Gasteiger partial charge on any atom is -0.497 e. The first-order valence-electron chi connectivity index (χ1n) is 5.70. The number of methoxy groups -OCH3 is 1. The molecule has 0 radical (unpaired) electrons. The Kier molecular flexibility index (Phi) is 4.23. The highest BCUT2D eigenvalue weighted by Gasteiger charge is 2.10. The van der Waals surface area contributed by atoms with Crippen molar-refractivity contribution in [3.05, 3.63) is 46.2 Å². The number of thiophene rings is 1. The Balaban J connectivity index is 2.18. The van der Waals surface area contributed by atoms with Gasteiger partial charge in [-0.15, -0.1) is 0 Å². The van der Waals surface area contributed by atoms with E-state index >= 15 is 0 Å². The number of rotatable bonds is 5. The van der Waals surface area contributed by atoms with Crippen LogP contribution < -0.4 is 9.47 Å². The molecule has 0 fully saturated rings. The number of ether oxygens (including phenoxy) is 2. The Bertz CT molecular complexity index is 492. The fourth-order valence-electron chi connectivity index (χ4n) is 1.65. The zero-order valence-corrected chi connectivity index (χ0v) is 11.2. The molecule has 4 heteroatoms.